The summed E-state index contributed by atoms with van der Waals surface area (Å²) < 4.78 is 5.46. The van der Waals surface area contributed by atoms with Crippen molar-refractivity contribution in [3.05, 3.63) is 5.01 Å². The van der Waals surface area contributed by atoms with Gasteiger partial charge in [0.05, 0.1) is 6.61 Å². The zero-order valence-electron chi connectivity index (χ0n) is 9.24. The van der Waals surface area contributed by atoms with Crippen molar-refractivity contribution in [2.75, 3.05) is 6.61 Å². The molecule has 0 spiro atoms. The number of ether oxygens (including phenoxy) is 1. The maximum Gasteiger partial charge on any atom is 0.294 e. The number of nitrogens with two attached hydrogens (primary N) is 1. The smallest absolute Gasteiger partial charge is 0.294 e. The lowest BCUT2D eigenvalue weighted by molar-refractivity contribution is 0.300. The molecule has 0 fully saturated rings. The van der Waals surface area contributed by atoms with Crippen molar-refractivity contribution in [1.29, 1.82) is 0 Å². The number of unbranched alkanes of at least 4 members (excludes halogenated alkanes) is 4. The zero-order valence-corrected chi connectivity index (χ0v) is 10.1. The molecule has 0 saturated carbocycles. The topological polar surface area (TPSA) is 61.0 Å². The monoisotopic (exact) mass is 229 g/mol. The van der Waals surface area contributed by atoms with Gasteiger partial charge in [-0.2, -0.15) is 0 Å². The van der Waals surface area contributed by atoms with Crippen LogP contribution in [0.25, 0.3) is 0 Å². The average Bonchev–Trinajstić information content (AvgIpc) is 2.71. The highest BCUT2D eigenvalue weighted by Crippen LogP contribution is 2.17. The largest absolute Gasteiger partial charge is 0.469 e. The Hall–Kier alpha value is -0.680. The third-order valence-corrected chi connectivity index (χ3v) is 2.95. The molecule has 86 valence electrons. The summed E-state index contributed by atoms with van der Waals surface area (Å²) in [6.07, 6.45) is 6.21. The lowest BCUT2D eigenvalue weighted by Crippen LogP contribution is -1.96. The summed E-state index contributed by atoms with van der Waals surface area (Å²) in [5, 5.41) is 9.24. The quantitative estimate of drug-likeness (QED) is 0.695. The van der Waals surface area contributed by atoms with Crippen molar-refractivity contribution >= 4 is 11.3 Å². The number of nitrogens with zero attached hydrogens (tertiary/aromatic N) is 2. The van der Waals surface area contributed by atoms with Crippen LogP contribution in [0.4, 0.5) is 0 Å². The van der Waals surface area contributed by atoms with E-state index in [0.717, 1.165) is 18.0 Å². The summed E-state index contributed by atoms with van der Waals surface area (Å²) in [5.74, 6) is 0. The van der Waals surface area contributed by atoms with E-state index < -0.39 is 0 Å². The second-order valence-corrected chi connectivity index (χ2v) is 4.45. The Kier molecular flexibility index (Phi) is 6.27. The molecule has 5 heteroatoms. The Morgan fingerprint density at radius 3 is 2.67 bits per heavy atom. The van der Waals surface area contributed by atoms with Gasteiger partial charge in [-0.1, -0.05) is 43.9 Å². The highest BCUT2D eigenvalue weighted by atomic mass is 32.1. The van der Waals surface area contributed by atoms with Gasteiger partial charge in [0.1, 0.15) is 5.01 Å². The van der Waals surface area contributed by atoms with Crippen LogP contribution >= 0.6 is 11.3 Å². The summed E-state index contributed by atoms with van der Waals surface area (Å²) in [6, 6.07) is 0. The van der Waals surface area contributed by atoms with Crippen LogP contribution in [0.5, 0.6) is 5.19 Å². The standard InChI is InChI=1S/C10H19N3OS/c1-2-3-4-5-6-7-14-10-13-12-9(8-11)15-10/h2-8,11H2,1H3. The van der Waals surface area contributed by atoms with Crippen LogP contribution in [0.3, 0.4) is 0 Å². The number of hydrogen-bond acceptors (Lipinski definition) is 5. The van der Waals surface area contributed by atoms with Gasteiger partial charge in [0.25, 0.3) is 5.19 Å². The van der Waals surface area contributed by atoms with E-state index in [0.29, 0.717) is 11.7 Å². The molecule has 4 nitrogen and oxygen atoms in total. The highest BCUT2D eigenvalue weighted by Gasteiger charge is 2.02. The van der Waals surface area contributed by atoms with Crippen molar-refractivity contribution in [3.63, 3.8) is 0 Å². The number of hydrogen-bond donors (Lipinski definition) is 1. The van der Waals surface area contributed by atoms with Crippen molar-refractivity contribution < 1.29 is 4.74 Å². The fourth-order valence-electron chi connectivity index (χ4n) is 1.24. The zero-order chi connectivity index (χ0) is 10.9. The molecule has 0 aliphatic carbocycles. The molecule has 0 aliphatic rings. The average molecular weight is 229 g/mol. The molecule has 0 bridgehead atoms. The summed E-state index contributed by atoms with van der Waals surface area (Å²) in [6.45, 7) is 3.40. The predicted molar refractivity (Wildman–Crippen MR) is 62.1 cm³/mol. The number of aromatic nitrogens is 2. The van der Waals surface area contributed by atoms with E-state index in [4.69, 9.17) is 10.5 Å². The summed E-state index contributed by atoms with van der Waals surface area (Å²) >= 11 is 1.43. The molecule has 0 atom stereocenters. The van der Waals surface area contributed by atoms with Gasteiger partial charge < -0.3 is 10.5 Å². The third-order valence-electron chi connectivity index (χ3n) is 2.10. The SMILES string of the molecule is CCCCCCCOc1nnc(CN)s1. The van der Waals surface area contributed by atoms with Gasteiger partial charge >= 0.3 is 0 Å². The van der Waals surface area contributed by atoms with Crippen LogP contribution in [-0.2, 0) is 6.54 Å². The van der Waals surface area contributed by atoms with Crippen molar-refractivity contribution in [2.24, 2.45) is 5.73 Å². The molecule has 0 unspecified atom stereocenters. The summed E-state index contributed by atoms with van der Waals surface area (Å²) in [5.41, 5.74) is 5.43. The van der Waals surface area contributed by atoms with Crippen molar-refractivity contribution in [1.82, 2.24) is 10.2 Å². The van der Waals surface area contributed by atoms with Crippen LogP contribution in [0.1, 0.15) is 44.0 Å². The van der Waals surface area contributed by atoms with E-state index in [9.17, 15) is 0 Å². The molecule has 1 aromatic rings. The summed E-state index contributed by atoms with van der Waals surface area (Å²) in [7, 11) is 0. The van der Waals surface area contributed by atoms with Gasteiger partial charge in [-0.05, 0) is 6.42 Å². The second-order valence-electron chi connectivity index (χ2n) is 3.43. The second kappa shape index (κ2) is 7.59. The van der Waals surface area contributed by atoms with Crippen LogP contribution < -0.4 is 10.5 Å². The van der Waals surface area contributed by atoms with Crippen molar-refractivity contribution in [3.8, 4) is 5.19 Å². The highest BCUT2D eigenvalue weighted by molar-refractivity contribution is 7.13. The molecule has 0 aliphatic heterocycles. The Morgan fingerprint density at radius 1 is 1.20 bits per heavy atom. The Balaban J connectivity index is 2.04. The molecule has 0 amide bonds. The lowest BCUT2D eigenvalue weighted by Gasteiger charge is -2.00. The fraction of sp³-hybridized carbons (Fsp3) is 0.800. The van der Waals surface area contributed by atoms with E-state index in [2.05, 4.69) is 17.1 Å². The maximum absolute atomic E-state index is 5.46. The molecular weight excluding hydrogens is 210 g/mol. The minimum absolute atomic E-state index is 0.442. The van der Waals surface area contributed by atoms with Gasteiger partial charge in [0.15, 0.2) is 0 Å². The Morgan fingerprint density at radius 2 is 2.00 bits per heavy atom. The Labute approximate surface area is 94.9 Å². The van der Waals surface area contributed by atoms with Crippen LogP contribution in [-0.4, -0.2) is 16.8 Å². The molecule has 2 N–H and O–H groups in total. The van der Waals surface area contributed by atoms with Gasteiger partial charge in [0, 0.05) is 6.54 Å². The summed E-state index contributed by atoms with van der Waals surface area (Å²) in [4.78, 5) is 0. The molecule has 15 heavy (non-hydrogen) atoms. The van der Waals surface area contributed by atoms with Gasteiger partial charge in [-0.25, -0.2) is 0 Å². The lowest BCUT2D eigenvalue weighted by atomic mass is 10.2. The number of rotatable bonds is 8. The maximum atomic E-state index is 5.46. The first-order valence-corrected chi connectivity index (χ1v) is 6.33. The molecule has 1 heterocycles. The minimum Gasteiger partial charge on any atom is -0.469 e. The first-order valence-electron chi connectivity index (χ1n) is 5.52. The normalized spacial score (nSPS) is 10.5. The van der Waals surface area contributed by atoms with E-state index in [1.807, 2.05) is 0 Å². The van der Waals surface area contributed by atoms with Crippen LogP contribution in [0.2, 0.25) is 0 Å². The van der Waals surface area contributed by atoms with E-state index in [-0.39, 0.29) is 0 Å². The first kappa shape index (κ1) is 12.4. The van der Waals surface area contributed by atoms with Crippen LogP contribution in [0.15, 0.2) is 0 Å². The van der Waals surface area contributed by atoms with Crippen LogP contribution in [0, 0.1) is 0 Å². The van der Waals surface area contributed by atoms with Gasteiger partial charge in [-0.3, -0.25) is 0 Å². The fourth-order valence-corrected chi connectivity index (χ4v) is 1.83. The van der Waals surface area contributed by atoms with E-state index in [1.165, 1.54) is 37.0 Å². The molecule has 0 saturated heterocycles. The molecule has 0 aromatic carbocycles. The van der Waals surface area contributed by atoms with E-state index >= 15 is 0 Å². The minimum atomic E-state index is 0.442. The predicted octanol–water partition coefficient (Wildman–Crippen LogP) is 2.35. The third kappa shape index (κ3) is 5.09. The molecule has 1 aromatic heterocycles. The molecular formula is C10H19N3OS. The molecule has 0 radical (unpaired) electrons. The van der Waals surface area contributed by atoms with Gasteiger partial charge in [-0.15, -0.1) is 10.2 Å². The molecule has 1 rings (SSSR count). The van der Waals surface area contributed by atoms with Crippen molar-refractivity contribution in [2.45, 2.75) is 45.6 Å². The first-order chi connectivity index (χ1) is 7.36. The van der Waals surface area contributed by atoms with Gasteiger partial charge in [0.2, 0.25) is 0 Å². The van der Waals surface area contributed by atoms with E-state index in [1.54, 1.807) is 0 Å². The Bertz CT molecular complexity index is 265.